The molecule has 1 unspecified atom stereocenters. The van der Waals surface area contributed by atoms with Crippen LogP contribution >= 0.6 is 0 Å². The second-order valence-corrected chi connectivity index (χ2v) is 7.31. The van der Waals surface area contributed by atoms with Crippen LogP contribution in [0.4, 0.5) is 0 Å². The zero-order valence-corrected chi connectivity index (χ0v) is 13.1. The molecular formula is C13H27N3O3S. The molecular weight excluding hydrogens is 278 g/mol. The molecule has 0 aromatic rings. The van der Waals surface area contributed by atoms with Crippen molar-refractivity contribution in [2.75, 3.05) is 25.4 Å². The molecule has 0 aromatic carbocycles. The highest BCUT2D eigenvalue weighted by atomic mass is 32.2. The fourth-order valence-corrected chi connectivity index (χ4v) is 4.37. The SMILES string of the molecule is CCCCS(=O)(=O)N1CCCCC1CNC(=O)CCN. The fourth-order valence-electron chi connectivity index (χ4n) is 2.44. The number of nitrogens with zero attached hydrogens (tertiary/aromatic N) is 1. The van der Waals surface area contributed by atoms with Gasteiger partial charge in [-0.1, -0.05) is 19.8 Å². The normalized spacial score (nSPS) is 20.8. The summed E-state index contributed by atoms with van der Waals surface area (Å²) in [6.45, 7) is 3.26. The maximum atomic E-state index is 12.3. The highest BCUT2D eigenvalue weighted by Gasteiger charge is 2.31. The summed E-state index contributed by atoms with van der Waals surface area (Å²) < 4.78 is 26.2. The van der Waals surface area contributed by atoms with Gasteiger partial charge in [0.15, 0.2) is 0 Å². The van der Waals surface area contributed by atoms with E-state index in [9.17, 15) is 13.2 Å². The number of rotatable bonds is 8. The van der Waals surface area contributed by atoms with Gasteiger partial charge in [-0.05, 0) is 19.3 Å². The van der Waals surface area contributed by atoms with Gasteiger partial charge in [-0.25, -0.2) is 8.42 Å². The molecule has 1 saturated heterocycles. The summed E-state index contributed by atoms with van der Waals surface area (Å²) >= 11 is 0. The standard InChI is InChI=1S/C13H27N3O3S/c1-2-3-10-20(18,19)16-9-5-4-6-12(16)11-15-13(17)7-8-14/h12H,2-11,14H2,1H3,(H,15,17). The van der Waals surface area contributed by atoms with Crippen molar-refractivity contribution in [1.29, 1.82) is 0 Å². The number of piperidine rings is 1. The number of carbonyl (C=O) groups is 1. The van der Waals surface area contributed by atoms with Crippen molar-refractivity contribution in [3.63, 3.8) is 0 Å². The van der Waals surface area contributed by atoms with E-state index in [0.29, 0.717) is 26.1 Å². The minimum atomic E-state index is -3.20. The molecule has 1 aliphatic heterocycles. The summed E-state index contributed by atoms with van der Waals surface area (Å²) in [6, 6.07) is -0.104. The smallest absolute Gasteiger partial charge is 0.221 e. The second kappa shape index (κ2) is 8.59. The molecule has 118 valence electrons. The molecule has 1 amide bonds. The van der Waals surface area contributed by atoms with Crippen molar-refractivity contribution >= 4 is 15.9 Å². The third-order valence-corrected chi connectivity index (χ3v) is 5.59. The number of carbonyl (C=O) groups excluding carboxylic acids is 1. The number of hydrogen-bond donors (Lipinski definition) is 2. The Labute approximate surface area is 122 Å². The molecule has 0 radical (unpaired) electrons. The maximum Gasteiger partial charge on any atom is 0.221 e. The van der Waals surface area contributed by atoms with Crippen LogP contribution in [0.5, 0.6) is 0 Å². The first-order valence-electron chi connectivity index (χ1n) is 7.47. The number of sulfonamides is 1. The van der Waals surface area contributed by atoms with Crippen LogP contribution < -0.4 is 11.1 Å². The topological polar surface area (TPSA) is 92.5 Å². The van der Waals surface area contributed by atoms with Crippen molar-refractivity contribution < 1.29 is 13.2 Å². The molecule has 0 bridgehead atoms. The molecule has 1 aliphatic rings. The maximum absolute atomic E-state index is 12.3. The third kappa shape index (κ3) is 5.38. The van der Waals surface area contributed by atoms with Crippen molar-refractivity contribution in [3.8, 4) is 0 Å². The number of nitrogens with one attached hydrogen (secondary N) is 1. The number of unbranched alkanes of at least 4 members (excludes halogenated alkanes) is 1. The van der Waals surface area contributed by atoms with Crippen LogP contribution in [0.15, 0.2) is 0 Å². The second-order valence-electron chi connectivity index (χ2n) is 5.27. The average Bonchev–Trinajstić information content (AvgIpc) is 2.43. The first-order chi connectivity index (χ1) is 9.51. The van der Waals surface area contributed by atoms with Crippen LogP contribution in [0.2, 0.25) is 0 Å². The van der Waals surface area contributed by atoms with E-state index in [0.717, 1.165) is 25.7 Å². The lowest BCUT2D eigenvalue weighted by Crippen LogP contribution is -2.50. The Morgan fingerprint density at radius 1 is 1.40 bits per heavy atom. The molecule has 7 heteroatoms. The molecule has 0 aliphatic carbocycles. The fraction of sp³-hybridized carbons (Fsp3) is 0.923. The Balaban J connectivity index is 2.59. The molecule has 1 atom stereocenters. The van der Waals surface area contributed by atoms with Crippen molar-refractivity contribution in [2.45, 2.75) is 51.5 Å². The van der Waals surface area contributed by atoms with Gasteiger partial charge >= 0.3 is 0 Å². The van der Waals surface area contributed by atoms with E-state index in [1.54, 1.807) is 4.31 Å². The third-order valence-electron chi connectivity index (χ3n) is 3.59. The Bertz CT molecular complexity index is 398. The van der Waals surface area contributed by atoms with E-state index in [1.165, 1.54) is 0 Å². The van der Waals surface area contributed by atoms with Crippen LogP contribution in [-0.2, 0) is 14.8 Å². The lowest BCUT2D eigenvalue weighted by Gasteiger charge is -2.34. The summed E-state index contributed by atoms with van der Waals surface area (Å²) in [6.07, 6.45) is 4.56. The van der Waals surface area contributed by atoms with Crippen molar-refractivity contribution in [3.05, 3.63) is 0 Å². The van der Waals surface area contributed by atoms with Crippen LogP contribution in [-0.4, -0.2) is 50.1 Å². The van der Waals surface area contributed by atoms with Crippen LogP contribution in [0, 0.1) is 0 Å². The lowest BCUT2D eigenvalue weighted by molar-refractivity contribution is -0.121. The minimum Gasteiger partial charge on any atom is -0.354 e. The number of nitrogens with two attached hydrogens (primary N) is 1. The molecule has 6 nitrogen and oxygen atoms in total. The van der Waals surface area contributed by atoms with Gasteiger partial charge in [0.05, 0.1) is 5.75 Å². The molecule has 0 saturated carbocycles. The molecule has 20 heavy (non-hydrogen) atoms. The Kier molecular flexibility index (Phi) is 7.47. The Morgan fingerprint density at radius 2 is 2.15 bits per heavy atom. The van der Waals surface area contributed by atoms with Gasteiger partial charge in [0.25, 0.3) is 0 Å². The van der Waals surface area contributed by atoms with Crippen molar-refractivity contribution in [1.82, 2.24) is 9.62 Å². The largest absolute Gasteiger partial charge is 0.354 e. The van der Waals surface area contributed by atoms with E-state index >= 15 is 0 Å². The number of amides is 1. The predicted octanol–water partition coefficient (Wildman–Crippen LogP) is 0.436. The Morgan fingerprint density at radius 3 is 2.80 bits per heavy atom. The molecule has 0 spiro atoms. The first kappa shape index (κ1) is 17.4. The monoisotopic (exact) mass is 305 g/mol. The van der Waals surface area contributed by atoms with E-state index < -0.39 is 10.0 Å². The molecule has 0 aromatic heterocycles. The summed E-state index contributed by atoms with van der Waals surface area (Å²) in [5, 5.41) is 2.79. The predicted molar refractivity (Wildman–Crippen MR) is 79.7 cm³/mol. The summed E-state index contributed by atoms with van der Waals surface area (Å²) in [5.74, 6) is 0.0977. The van der Waals surface area contributed by atoms with Gasteiger partial charge in [0.2, 0.25) is 15.9 Å². The number of hydrogen-bond acceptors (Lipinski definition) is 4. The van der Waals surface area contributed by atoms with Gasteiger partial charge in [-0.15, -0.1) is 0 Å². The minimum absolute atomic E-state index is 0.104. The average molecular weight is 305 g/mol. The van der Waals surface area contributed by atoms with Crippen LogP contribution in [0.25, 0.3) is 0 Å². The lowest BCUT2D eigenvalue weighted by atomic mass is 10.1. The zero-order chi connectivity index (χ0) is 15.0. The molecule has 3 N–H and O–H groups in total. The Hall–Kier alpha value is -0.660. The quantitative estimate of drug-likeness (QED) is 0.680. The van der Waals surface area contributed by atoms with Gasteiger partial charge in [0.1, 0.15) is 0 Å². The zero-order valence-electron chi connectivity index (χ0n) is 12.3. The highest BCUT2D eigenvalue weighted by Crippen LogP contribution is 2.21. The first-order valence-corrected chi connectivity index (χ1v) is 9.08. The van der Waals surface area contributed by atoms with E-state index in [1.807, 2.05) is 6.92 Å². The van der Waals surface area contributed by atoms with Gasteiger partial charge in [-0.2, -0.15) is 4.31 Å². The van der Waals surface area contributed by atoms with E-state index in [4.69, 9.17) is 5.73 Å². The van der Waals surface area contributed by atoms with E-state index in [2.05, 4.69) is 5.32 Å². The van der Waals surface area contributed by atoms with Crippen LogP contribution in [0.3, 0.4) is 0 Å². The van der Waals surface area contributed by atoms with Crippen molar-refractivity contribution in [2.24, 2.45) is 5.73 Å². The summed E-state index contributed by atoms with van der Waals surface area (Å²) in [7, 11) is -3.20. The summed E-state index contributed by atoms with van der Waals surface area (Å²) in [5.41, 5.74) is 5.32. The van der Waals surface area contributed by atoms with Gasteiger partial charge in [0, 0.05) is 32.1 Å². The molecule has 1 heterocycles. The van der Waals surface area contributed by atoms with Crippen LogP contribution in [0.1, 0.15) is 45.4 Å². The van der Waals surface area contributed by atoms with Gasteiger partial charge < -0.3 is 11.1 Å². The molecule has 1 fully saturated rings. The van der Waals surface area contributed by atoms with Gasteiger partial charge in [-0.3, -0.25) is 4.79 Å². The highest BCUT2D eigenvalue weighted by molar-refractivity contribution is 7.89. The molecule has 1 rings (SSSR count). The van der Waals surface area contributed by atoms with E-state index in [-0.39, 0.29) is 24.1 Å². The summed E-state index contributed by atoms with van der Waals surface area (Å²) in [4.78, 5) is 11.5.